The van der Waals surface area contributed by atoms with Crippen molar-refractivity contribution in [3.8, 4) is 0 Å². The summed E-state index contributed by atoms with van der Waals surface area (Å²) in [6, 6.07) is 8.30. The first-order valence-corrected chi connectivity index (χ1v) is 18.0. The topological polar surface area (TPSA) is 165 Å². The second-order valence-corrected chi connectivity index (χ2v) is 14.2. The highest BCUT2D eigenvalue weighted by molar-refractivity contribution is 7.99. The number of aromatic nitrogens is 2. The van der Waals surface area contributed by atoms with E-state index in [0.29, 0.717) is 39.8 Å². The van der Waals surface area contributed by atoms with Crippen molar-refractivity contribution in [2.24, 2.45) is 10.9 Å². The van der Waals surface area contributed by atoms with Crippen molar-refractivity contribution >= 4 is 59.5 Å². The Morgan fingerprint density at radius 3 is 2.16 bits per heavy atom. The summed E-state index contributed by atoms with van der Waals surface area (Å²) in [5, 5.41) is 23.4. The number of carboxylic acids is 2. The maximum absolute atomic E-state index is 13.0. The van der Waals surface area contributed by atoms with Gasteiger partial charge < -0.3 is 25.5 Å². The van der Waals surface area contributed by atoms with E-state index >= 15 is 0 Å². The monoisotopic (exact) mass is 708 g/mol. The summed E-state index contributed by atoms with van der Waals surface area (Å²) >= 11 is 1.69. The van der Waals surface area contributed by atoms with Gasteiger partial charge in [-0.25, -0.2) is 4.99 Å². The maximum Gasteiger partial charge on any atom is 0.303 e. The lowest BCUT2D eigenvalue weighted by Gasteiger charge is -2.04. The minimum Gasteiger partial charge on any atom is -0.481 e. The second kappa shape index (κ2) is 15.8. The molecule has 4 heterocycles. The molecule has 5 rings (SSSR count). The van der Waals surface area contributed by atoms with Crippen LogP contribution < -0.4 is 16.0 Å². The first kappa shape index (κ1) is 37.1. The van der Waals surface area contributed by atoms with Crippen LogP contribution in [0.1, 0.15) is 79.2 Å². The number of carbonyl (C=O) groups is 4. The molecule has 3 aromatic rings. The molecule has 1 aromatic carbocycles. The number of H-pyrrole nitrogens is 2. The van der Waals surface area contributed by atoms with Gasteiger partial charge >= 0.3 is 11.9 Å². The van der Waals surface area contributed by atoms with Crippen molar-refractivity contribution in [3.05, 3.63) is 103 Å². The lowest BCUT2D eigenvalue weighted by atomic mass is 10.00. The molecule has 1 saturated heterocycles. The fourth-order valence-corrected chi connectivity index (χ4v) is 7.43. The number of thioether (sulfide) groups is 1. The maximum atomic E-state index is 13.0. The van der Waals surface area contributed by atoms with E-state index in [4.69, 9.17) is 0 Å². The number of allylic oxidation sites excluding steroid dienone is 3. The molecular weight excluding hydrogens is 665 g/mol. The van der Waals surface area contributed by atoms with Crippen molar-refractivity contribution in [1.29, 1.82) is 0 Å². The van der Waals surface area contributed by atoms with E-state index in [-0.39, 0.29) is 43.4 Å². The third-order valence-electron chi connectivity index (χ3n) is 9.64. The minimum atomic E-state index is -0.927. The van der Waals surface area contributed by atoms with Crippen molar-refractivity contribution in [1.82, 2.24) is 15.3 Å². The third-order valence-corrected chi connectivity index (χ3v) is 10.7. The predicted octanol–water partition coefficient (Wildman–Crippen LogP) is 5.44. The normalized spacial score (nSPS) is 18.5. The van der Waals surface area contributed by atoms with E-state index < -0.39 is 11.9 Å². The van der Waals surface area contributed by atoms with E-state index in [0.717, 1.165) is 49.7 Å². The van der Waals surface area contributed by atoms with Crippen LogP contribution >= 0.6 is 11.8 Å². The number of hydrogen-bond donors (Lipinski definition) is 5. The zero-order chi connectivity index (χ0) is 37.0. The van der Waals surface area contributed by atoms with Crippen LogP contribution in [0.3, 0.4) is 0 Å². The van der Waals surface area contributed by atoms with E-state index in [1.54, 1.807) is 11.8 Å². The number of hydrogen-bond acceptors (Lipinski definition) is 5. The number of aliphatic imine (C=N–C) groups is 1. The summed E-state index contributed by atoms with van der Waals surface area (Å²) in [6.45, 7) is 11.5. The standard InChI is InChI=1S/C40H44N4O6S/c1-7-27-25(6)39(49)44-34(27)19-32-23(4)29(13-15-38(47)48)36(42-32)20-35-28(12-14-37(45)46)22(3)31(41-35)18-33-24(5)30(40(50)43-33)16-17-51-26-10-8-21(2)9-11-26/h7-11,18-20,25,41-42H,12-17H2,1-6H3,(H,44,49)(H,45,46)(H,47,48)/b27-7+,31-18-,34-19-,35-20-/t25-/m1/s1. The minimum absolute atomic E-state index is 0.0800. The molecule has 11 heteroatoms. The van der Waals surface area contributed by atoms with Gasteiger partial charge in [0.1, 0.15) is 0 Å². The van der Waals surface area contributed by atoms with Gasteiger partial charge in [-0.2, -0.15) is 0 Å². The molecule has 1 atom stereocenters. The van der Waals surface area contributed by atoms with E-state index in [1.807, 2.05) is 65.8 Å². The van der Waals surface area contributed by atoms with Gasteiger partial charge in [-0.1, -0.05) is 23.8 Å². The molecule has 2 aliphatic heterocycles. The molecule has 51 heavy (non-hydrogen) atoms. The molecule has 0 bridgehead atoms. The number of carboxylic acid groups (broad SMARTS) is 2. The number of rotatable bonds is 13. The zero-order valence-corrected chi connectivity index (χ0v) is 30.6. The summed E-state index contributed by atoms with van der Waals surface area (Å²) in [4.78, 5) is 61.1. The van der Waals surface area contributed by atoms with Gasteiger partial charge in [-0.15, -0.1) is 11.8 Å². The van der Waals surface area contributed by atoms with Crippen LogP contribution in [-0.4, -0.2) is 55.4 Å². The first-order chi connectivity index (χ1) is 24.3. The average molecular weight is 709 g/mol. The quantitative estimate of drug-likeness (QED) is 0.148. The summed E-state index contributed by atoms with van der Waals surface area (Å²) in [6.07, 6.45) is 8.45. The Bertz CT molecular complexity index is 2160. The van der Waals surface area contributed by atoms with Crippen LogP contribution in [-0.2, 0) is 32.0 Å². The number of carbonyl (C=O) groups excluding carboxylic acids is 2. The van der Waals surface area contributed by atoms with Crippen molar-refractivity contribution in [2.75, 3.05) is 5.75 Å². The molecule has 0 saturated carbocycles. The highest BCUT2D eigenvalue weighted by Crippen LogP contribution is 2.30. The van der Waals surface area contributed by atoms with Crippen molar-refractivity contribution in [2.45, 2.75) is 78.5 Å². The van der Waals surface area contributed by atoms with Gasteiger partial charge in [0.05, 0.1) is 11.6 Å². The molecule has 1 fully saturated rings. The molecule has 0 radical (unpaired) electrons. The number of aryl methyl sites for hydroxylation is 1. The third kappa shape index (κ3) is 8.42. The Hall–Kier alpha value is -5.16. The number of nitrogens with zero attached hydrogens (tertiary/aromatic N) is 1. The highest BCUT2D eigenvalue weighted by Gasteiger charge is 2.29. The molecule has 2 amide bonds. The van der Waals surface area contributed by atoms with Gasteiger partial charge in [0.15, 0.2) is 0 Å². The average Bonchev–Trinajstić information content (AvgIpc) is 3.72. The lowest BCUT2D eigenvalue weighted by molar-refractivity contribution is -0.138. The van der Waals surface area contributed by atoms with Crippen LogP contribution in [0.2, 0.25) is 0 Å². The Balaban J connectivity index is 1.54. The summed E-state index contributed by atoms with van der Waals surface area (Å²) < 4.78 is 0. The molecule has 0 unspecified atom stereocenters. The molecule has 2 aliphatic rings. The molecule has 10 nitrogen and oxygen atoms in total. The fourth-order valence-electron chi connectivity index (χ4n) is 6.56. The summed E-state index contributed by atoms with van der Waals surface area (Å²) in [5.74, 6) is -1.72. The van der Waals surface area contributed by atoms with Crippen LogP contribution in [0, 0.1) is 26.7 Å². The zero-order valence-electron chi connectivity index (χ0n) is 29.8. The molecule has 0 aliphatic carbocycles. The predicted molar refractivity (Wildman–Crippen MR) is 201 cm³/mol. The molecule has 5 N–H and O–H groups in total. The van der Waals surface area contributed by atoms with Crippen LogP contribution in [0.4, 0.5) is 0 Å². The van der Waals surface area contributed by atoms with Gasteiger partial charge in [0.25, 0.3) is 5.91 Å². The highest BCUT2D eigenvalue weighted by atomic mass is 32.2. The van der Waals surface area contributed by atoms with Gasteiger partial charge in [-0.05, 0) is 125 Å². The lowest BCUT2D eigenvalue weighted by Crippen LogP contribution is -2.16. The molecule has 0 spiro atoms. The van der Waals surface area contributed by atoms with E-state index in [9.17, 15) is 29.4 Å². The van der Waals surface area contributed by atoms with Gasteiger partial charge in [-0.3, -0.25) is 19.2 Å². The number of benzene rings is 1. The molecular formula is C40H44N4O6S. The molecule has 266 valence electrons. The fraction of sp³-hybridized carbons (Fsp3) is 0.325. The molecule has 2 aromatic heterocycles. The van der Waals surface area contributed by atoms with Crippen LogP contribution in [0.15, 0.2) is 62.6 Å². The van der Waals surface area contributed by atoms with Gasteiger partial charge in [0, 0.05) is 56.8 Å². The van der Waals surface area contributed by atoms with Gasteiger partial charge in [0.2, 0.25) is 5.91 Å². The van der Waals surface area contributed by atoms with Crippen LogP contribution in [0.5, 0.6) is 0 Å². The number of aliphatic carboxylic acids is 2. The van der Waals surface area contributed by atoms with E-state index in [2.05, 4.69) is 44.5 Å². The summed E-state index contributed by atoms with van der Waals surface area (Å²) in [5.41, 5.74) is 9.56. The summed E-state index contributed by atoms with van der Waals surface area (Å²) in [7, 11) is 0. The SMILES string of the molecule is C/C=C1/C(=C/c2[nH]c(/C=c3\[nH]/c(=C\C4=NC(=O)C(CCSc5ccc(C)cc5)=C4C)c(C)c3CCC(=O)O)c(CCC(=O)O)c2C)NC(=O)[C@@H]1C. The van der Waals surface area contributed by atoms with Crippen LogP contribution in [0.25, 0.3) is 18.2 Å². The Labute approximate surface area is 301 Å². The Morgan fingerprint density at radius 2 is 1.51 bits per heavy atom. The second-order valence-electron chi connectivity index (χ2n) is 13.0. The smallest absolute Gasteiger partial charge is 0.303 e. The Kier molecular flexibility index (Phi) is 11.5. The first-order valence-electron chi connectivity index (χ1n) is 17.0. The number of amides is 2. The number of nitrogens with one attached hydrogen (secondary N) is 3. The number of aromatic amines is 2. The van der Waals surface area contributed by atoms with Crippen molar-refractivity contribution in [3.63, 3.8) is 0 Å². The Morgan fingerprint density at radius 1 is 0.843 bits per heavy atom. The largest absolute Gasteiger partial charge is 0.481 e. The van der Waals surface area contributed by atoms with Crippen molar-refractivity contribution < 1.29 is 29.4 Å². The van der Waals surface area contributed by atoms with E-state index in [1.165, 1.54) is 5.56 Å².